The van der Waals surface area contributed by atoms with E-state index in [1.807, 2.05) is 53.4 Å². The van der Waals surface area contributed by atoms with Crippen LogP contribution in [0.1, 0.15) is 60.4 Å². The Morgan fingerprint density at radius 2 is 1.58 bits per heavy atom. The highest BCUT2D eigenvalue weighted by Gasteiger charge is 2.31. The van der Waals surface area contributed by atoms with E-state index in [4.69, 9.17) is 9.47 Å². The molecule has 0 fully saturated rings. The number of nitrogens with one attached hydrogen (secondary N) is 4. The minimum absolute atomic E-state index is 0.00582. The van der Waals surface area contributed by atoms with Crippen molar-refractivity contribution in [2.45, 2.75) is 64.8 Å². The Hall–Kier alpha value is -5.02. The minimum Gasteiger partial charge on any atom is -0.486 e. The van der Waals surface area contributed by atoms with Gasteiger partial charge in [-0.2, -0.15) is 0 Å². The predicted molar refractivity (Wildman–Crippen MR) is 195 cm³/mol. The number of benzene rings is 2. The van der Waals surface area contributed by atoms with Gasteiger partial charge in [0.05, 0.1) is 12.6 Å². The molecule has 0 unspecified atom stereocenters. The van der Waals surface area contributed by atoms with Crippen molar-refractivity contribution in [2.75, 3.05) is 39.9 Å². The van der Waals surface area contributed by atoms with Crippen molar-refractivity contribution in [1.82, 2.24) is 36.1 Å². The third-order valence-corrected chi connectivity index (χ3v) is 9.85. The van der Waals surface area contributed by atoms with E-state index in [1.54, 1.807) is 33.2 Å². The summed E-state index contributed by atoms with van der Waals surface area (Å²) in [6, 6.07) is 11.9. The number of rotatable bonds is 5. The van der Waals surface area contributed by atoms with E-state index in [1.165, 1.54) is 23.2 Å². The smallest absolute Gasteiger partial charge is 0.271 e. The average Bonchev–Trinajstić information content (AvgIpc) is 3.62. The third-order valence-electron chi connectivity index (χ3n) is 8.90. The minimum atomic E-state index is -0.994. The summed E-state index contributed by atoms with van der Waals surface area (Å²) in [6.07, 6.45) is 0.425. The number of nitrogens with zero attached hydrogens (tertiary/aromatic N) is 3. The van der Waals surface area contributed by atoms with Gasteiger partial charge in [0.15, 0.2) is 11.5 Å². The van der Waals surface area contributed by atoms with Crippen molar-refractivity contribution in [3.8, 4) is 11.5 Å². The molecule has 4 atom stereocenters. The highest BCUT2D eigenvalue weighted by atomic mass is 32.1. The lowest BCUT2D eigenvalue weighted by Gasteiger charge is -2.29. The van der Waals surface area contributed by atoms with Crippen LogP contribution in [0, 0.1) is 5.92 Å². The highest BCUT2D eigenvalue weighted by molar-refractivity contribution is 7.09. The van der Waals surface area contributed by atoms with Gasteiger partial charge in [0.1, 0.15) is 42.0 Å². The van der Waals surface area contributed by atoms with Crippen LogP contribution in [-0.4, -0.2) is 102 Å². The van der Waals surface area contributed by atoms with Gasteiger partial charge in [0, 0.05) is 32.1 Å². The molecule has 3 heterocycles. The topological polar surface area (TPSA) is 171 Å². The zero-order chi connectivity index (χ0) is 37.4. The Balaban J connectivity index is 1.44. The molecule has 0 aliphatic carbocycles. The van der Waals surface area contributed by atoms with Crippen molar-refractivity contribution in [3.63, 3.8) is 0 Å². The first-order chi connectivity index (χ1) is 24.9. The SMILES string of the molecule is CC(C)[C@@H]1NC(=O)[C@H](C)NC(=O)c2csc(n2)[C@H](Cc2ccccc2)NC(=O)CN(Cc2ccc3c(c2)OCCO3)CCN(C)C(=O)[C@@H](C)NC1=O. The number of likely N-dealkylation sites (N-methyl/N-ethyl adjacent to an activating group) is 1. The van der Waals surface area contributed by atoms with Gasteiger partial charge in [-0.15, -0.1) is 11.3 Å². The summed E-state index contributed by atoms with van der Waals surface area (Å²) in [5.74, 6) is -1.28. The molecule has 5 amide bonds. The van der Waals surface area contributed by atoms with Gasteiger partial charge in [0.2, 0.25) is 23.6 Å². The number of carbonyl (C=O) groups is 5. The lowest BCUT2D eigenvalue weighted by molar-refractivity contribution is -0.136. The van der Waals surface area contributed by atoms with E-state index in [0.717, 1.165) is 11.1 Å². The first-order valence-electron chi connectivity index (χ1n) is 17.4. The number of amides is 5. The molecule has 2 aliphatic rings. The van der Waals surface area contributed by atoms with Crippen molar-refractivity contribution in [1.29, 1.82) is 0 Å². The van der Waals surface area contributed by atoms with Crippen molar-refractivity contribution < 1.29 is 33.4 Å². The van der Waals surface area contributed by atoms with Crippen LogP contribution in [0.2, 0.25) is 0 Å². The summed E-state index contributed by atoms with van der Waals surface area (Å²) in [7, 11) is 1.64. The molecule has 2 aliphatic heterocycles. The third kappa shape index (κ3) is 10.1. The van der Waals surface area contributed by atoms with E-state index in [-0.39, 0.29) is 36.5 Å². The fourth-order valence-electron chi connectivity index (χ4n) is 5.95. The monoisotopic (exact) mass is 733 g/mol. The molecule has 278 valence electrons. The summed E-state index contributed by atoms with van der Waals surface area (Å²) in [4.78, 5) is 75.0. The lowest BCUT2D eigenvalue weighted by Crippen LogP contribution is -2.57. The molecule has 15 heteroatoms. The first kappa shape index (κ1) is 38.2. The summed E-state index contributed by atoms with van der Waals surface area (Å²) in [6.45, 7) is 8.53. The molecule has 0 saturated heterocycles. The largest absolute Gasteiger partial charge is 0.486 e. The number of hydrogen-bond acceptors (Lipinski definition) is 10. The van der Waals surface area contributed by atoms with E-state index in [9.17, 15) is 24.0 Å². The van der Waals surface area contributed by atoms with E-state index in [2.05, 4.69) is 26.3 Å². The fourth-order valence-corrected chi connectivity index (χ4v) is 6.80. The summed E-state index contributed by atoms with van der Waals surface area (Å²) in [5.41, 5.74) is 1.96. The maximum absolute atomic E-state index is 13.8. The molecule has 52 heavy (non-hydrogen) atoms. The second kappa shape index (κ2) is 17.5. The molecule has 0 radical (unpaired) electrons. The van der Waals surface area contributed by atoms with Gasteiger partial charge in [0.25, 0.3) is 5.91 Å². The van der Waals surface area contributed by atoms with Crippen LogP contribution in [0.4, 0.5) is 0 Å². The molecule has 4 N–H and O–H groups in total. The Morgan fingerprint density at radius 1 is 0.846 bits per heavy atom. The lowest BCUT2D eigenvalue weighted by atomic mass is 10.0. The maximum atomic E-state index is 13.8. The van der Waals surface area contributed by atoms with Crippen LogP contribution in [0.3, 0.4) is 0 Å². The maximum Gasteiger partial charge on any atom is 0.271 e. The second-order valence-corrected chi connectivity index (χ2v) is 14.4. The Bertz CT molecular complexity index is 1750. The summed E-state index contributed by atoms with van der Waals surface area (Å²) >= 11 is 1.24. The second-order valence-electron chi connectivity index (χ2n) is 13.5. The van der Waals surface area contributed by atoms with Gasteiger partial charge in [-0.1, -0.05) is 50.2 Å². The van der Waals surface area contributed by atoms with Crippen LogP contribution in [-0.2, 0) is 32.1 Å². The number of fused-ring (bicyclic) bond motifs is 3. The molecular formula is C37H47N7O7S. The summed E-state index contributed by atoms with van der Waals surface area (Å²) in [5, 5.41) is 13.4. The predicted octanol–water partition coefficient (Wildman–Crippen LogP) is 2.05. The number of carbonyl (C=O) groups excluding carboxylic acids is 5. The van der Waals surface area contributed by atoms with Crippen LogP contribution < -0.4 is 30.7 Å². The first-order valence-corrected chi connectivity index (χ1v) is 18.3. The van der Waals surface area contributed by atoms with Crippen molar-refractivity contribution in [3.05, 3.63) is 75.7 Å². The molecule has 14 nitrogen and oxygen atoms in total. The standard InChI is InChI=1S/C37H47N7O7S/c1-22(2)32-35(48)39-24(4)37(49)43(5)13-14-44(19-26-11-12-29-30(18-26)51-16-15-50-29)20-31(45)40-27(17-25-9-7-6-8-10-25)36-41-28(21-52-36)34(47)38-23(3)33(46)42-32/h6-12,18,21-24,27,32H,13-17,19-20H2,1-5H3,(H,38,47)(H,39,48)(H,40,45)(H,42,46)/t23-,24+,27-,32-/m0/s1. The number of ether oxygens (including phenoxy) is 2. The zero-order valence-corrected chi connectivity index (χ0v) is 31.0. The molecule has 5 rings (SSSR count). The molecule has 0 saturated carbocycles. The van der Waals surface area contributed by atoms with E-state index in [0.29, 0.717) is 49.2 Å². The van der Waals surface area contributed by atoms with Gasteiger partial charge in [-0.05, 0) is 49.4 Å². The Morgan fingerprint density at radius 3 is 2.31 bits per heavy atom. The molecule has 1 aromatic heterocycles. The van der Waals surface area contributed by atoms with Crippen LogP contribution in [0.15, 0.2) is 53.9 Å². The van der Waals surface area contributed by atoms with Gasteiger partial charge in [-0.3, -0.25) is 28.9 Å². The summed E-state index contributed by atoms with van der Waals surface area (Å²) < 4.78 is 11.5. The molecule has 0 spiro atoms. The highest BCUT2D eigenvalue weighted by Crippen LogP contribution is 2.31. The van der Waals surface area contributed by atoms with Gasteiger partial charge >= 0.3 is 0 Å². The van der Waals surface area contributed by atoms with Gasteiger partial charge < -0.3 is 35.6 Å². The number of thiazole rings is 1. The van der Waals surface area contributed by atoms with E-state index >= 15 is 0 Å². The quantitative estimate of drug-likeness (QED) is 0.307. The molecular weight excluding hydrogens is 687 g/mol. The Kier molecular flexibility index (Phi) is 12.8. The fraction of sp³-hybridized carbons (Fsp3) is 0.459. The number of hydrogen-bond donors (Lipinski definition) is 4. The van der Waals surface area contributed by atoms with Crippen molar-refractivity contribution >= 4 is 40.9 Å². The molecule has 2 aromatic carbocycles. The zero-order valence-electron chi connectivity index (χ0n) is 30.1. The van der Waals surface area contributed by atoms with Gasteiger partial charge in [-0.25, -0.2) is 4.98 Å². The van der Waals surface area contributed by atoms with Crippen LogP contribution >= 0.6 is 11.3 Å². The van der Waals surface area contributed by atoms with Crippen molar-refractivity contribution in [2.24, 2.45) is 5.92 Å². The molecule has 2 bridgehead atoms. The van der Waals surface area contributed by atoms with Crippen LogP contribution in [0.25, 0.3) is 0 Å². The molecule has 3 aromatic rings. The average molecular weight is 734 g/mol. The number of aromatic nitrogens is 1. The van der Waals surface area contributed by atoms with E-state index < -0.39 is 41.9 Å². The normalized spacial score (nSPS) is 22.9. The van der Waals surface area contributed by atoms with Crippen LogP contribution in [0.5, 0.6) is 11.5 Å². The Labute approximate surface area is 307 Å².